The van der Waals surface area contributed by atoms with Crippen LogP contribution < -0.4 is 10.2 Å². The number of carbonyl (C=O) groups is 1. The number of aryl methyl sites for hydroxylation is 1. The van der Waals surface area contributed by atoms with Crippen molar-refractivity contribution in [3.05, 3.63) is 59.7 Å². The lowest BCUT2D eigenvalue weighted by molar-refractivity contribution is -0.116. The van der Waals surface area contributed by atoms with E-state index in [0.717, 1.165) is 24.2 Å². The first-order valence-electron chi connectivity index (χ1n) is 8.47. The van der Waals surface area contributed by atoms with Gasteiger partial charge >= 0.3 is 0 Å². The zero-order valence-corrected chi connectivity index (χ0v) is 14.0. The molecule has 0 saturated heterocycles. The van der Waals surface area contributed by atoms with E-state index in [1.54, 1.807) is 0 Å². The number of aliphatic hydroxyl groups is 1. The fourth-order valence-corrected chi connectivity index (χ4v) is 3.37. The van der Waals surface area contributed by atoms with Gasteiger partial charge in [-0.1, -0.05) is 24.3 Å². The molecule has 0 fully saturated rings. The second-order valence-corrected chi connectivity index (χ2v) is 6.38. The van der Waals surface area contributed by atoms with Gasteiger partial charge in [-0.3, -0.25) is 4.79 Å². The molecule has 0 radical (unpaired) electrons. The highest BCUT2D eigenvalue weighted by molar-refractivity contribution is 5.91. The van der Waals surface area contributed by atoms with Gasteiger partial charge in [0.2, 0.25) is 5.91 Å². The van der Waals surface area contributed by atoms with Crippen LogP contribution in [0.2, 0.25) is 0 Å². The predicted octanol–water partition coefficient (Wildman–Crippen LogP) is 3.17. The molecular formula is C20H24N2O2. The van der Waals surface area contributed by atoms with Gasteiger partial charge in [0, 0.05) is 31.4 Å². The molecule has 126 valence electrons. The molecule has 2 aromatic rings. The molecule has 0 spiro atoms. The van der Waals surface area contributed by atoms with Crippen molar-refractivity contribution in [3.8, 4) is 0 Å². The largest absolute Gasteiger partial charge is 0.395 e. The van der Waals surface area contributed by atoms with Gasteiger partial charge in [0.25, 0.3) is 0 Å². The highest BCUT2D eigenvalue weighted by Crippen LogP contribution is 2.35. The smallest absolute Gasteiger partial charge is 0.224 e. The van der Waals surface area contributed by atoms with Crippen LogP contribution in [0, 0.1) is 0 Å². The van der Waals surface area contributed by atoms with Crippen LogP contribution in [-0.4, -0.2) is 31.2 Å². The van der Waals surface area contributed by atoms with Crippen molar-refractivity contribution in [2.75, 3.05) is 30.4 Å². The van der Waals surface area contributed by atoms with Crippen LogP contribution in [0.3, 0.4) is 0 Å². The average Bonchev–Trinajstić information content (AvgIpc) is 2.99. The minimum Gasteiger partial charge on any atom is -0.395 e. The van der Waals surface area contributed by atoms with Gasteiger partial charge in [0.15, 0.2) is 0 Å². The highest BCUT2D eigenvalue weighted by atomic mass is 16.3. The van der Waals surface area contributed by atoms with Crippen LogP contribution in [0.5, 0.6) is 0 Å². The predicted molar refractivity (Wildman–Crippen MR) is 97.5 cm³/mol. The molecule has 24 heavy (non-hydrogen) atoms. The first-order chi connectivity index (χ1) is 11.7. The zero-order valence-electron chi connectivity index (χ0n) is 14.0. The Morgan fingerprint density at radius 3 is 2.71 bits per heavy atom. The van der Waals surface area contributed by atoms with E-state index >= 15 is 0 Å². The number of aliphatic hydroxyl groups excluding tert-OH is 1. The molecule has 0 aliphatic heterocycles. The number of anilines is 2. The van der Waals surface area contributed by atoms with Gasteiger partial charge in [-0.2, -0.15) is 0 Å². The summed E-state index contributed by atoms with van der Waals surface area (Å²) in [5.41, 5.74) is 4.54. The quantitative estimate of drug-likeness (QED) is 0.858. The number of fused-ring (bicyclic) bond motifs is 1. The minimum atomic E-state index is 0.0631. The lowest BCUT2D eigenvalue weighted by atomic mass is 9.97. The molecule has 2 N–H and O–H groups in total. The van der Waals surface area contributed by atoms with Gasteiger partial charge in [0.05, 0.1) is 6.61 Å². The van der Waals surface area contributed by atoms with Crippen LogP contribution in [0.1, 0.15) is 29.9 Å². The van der Waals surface area contributed by atoms with Crippen molar-refractivity contribution in [2.24, 2.45) is 0 Å². The molecule has 4 nitrogen and oxygen atoms in total. The minimum absolute atomic E-state index is 0.0631. The van der Waals surface area contributed by atoms with E-state index in [9.17, 15) is 4.79 Å². The van der Waals surface area contributed by atoms with Gasteiger partial charge in [-0.05, 0) is 54.2 Å². The fourth-order valence-electron chi connectivity index (χ4n) is 3.37. The third kappa shape index (κ3) is 3.77. The first-order valence-corrected chi connectivity index (χ1v) is 8.47. The van der Waals surface area contributed by atoms with Crippen LogP contribution in [0.4, 0.5) is 11.4 Å². The number of likely N-dealkylation sites (N-methyl/N-ethyl adjacent to an activating group) is 1. The molecule has 0 aromatic heterocycles. The first kappa shape index (κ1) is 16.5. The van der Waals surface area contributed by atoms with Gasteiger partial charge in [-0.25, -0.2) is 0 Å². The summed E-state index contributed by atoms with van der Waals surface area (Å²) in [6.45, 7) is 0.713. The van der Waals surface area contributed by atoms with Crippen molar-refractivity contribution in [2.45, 2.75) is 25.2 Å². The van der Waals surface area contributed by atoms with E-state index in [2.05, 4.69) is 29.6 Å². The summed E-state index contributed by atoms with van der Waals surface area (Å²) in [4.78, 5) is 14.3. The molecule has 1 atom stereocenters. The molecule has 0 saturated carbocycles. The molecule has 1 aliphatic rings. The Kier molecular flexibility index (Phi) is 5.16. The molecular weight excluding hydrogens is 300 g/mol. The van der Waals surface area contributed by atoms with E-state index < -0.39 is 0 Å². The van der Waals surface area contributed by atoms with Crippen molar-refractivity contribution in [3.63, 3.8) is 0 Å². The van der Waals surface area contributed by atoms with Crippen LogP contribution in [0.15, 0.2) is 48.5 Å². The standard InChI is InChI=1S/C20H24N2O2/c1-22(12-13-23)18-10-8-17(9-11-18)21-20(24)14-16-7-6-15-4-2-3-5-19(15)16/h2-5,8-11,16,23H,6-7,12-14H2,1H3,(H,21,24). The Balaban J connectivity index is 1.58. The number of amides is 1. The number of benzene rings is 2. The summed E-state index contributed by atoms with van der Waals surface area (Å²) in [7, 11) is 1.93. The second kappa shape index (κ2) is 7.49. The van der Waals surface area contributed by atoms with Crippen molar-refractivity contribution in [1.29, 1.82) is 0 Å². The van der Waals surface area contributed by atoms with E-state index in [4.69, 9.17) is 5.11 Å². The normalized spacial score (nSPS) is 15.8. The molecule has 0 heterocycles. The Morgan fingerprint density at radius 2 is 1.96 bits per heavy atom. The second-order valence-electron chi connectivity index (χ2n) is 6.38. The summed E-state index contributed by atoms with van der Waals surface area (Å²) >= 11 is 0. The number of nitrogens with one attached hydrogen (secondary N) is 1. The third-order valence-electron chi connectivity index (χ3n) is 4.72. The number of hydrogen-bond acceptors (Lipinski definition) is 3. The van der Waals surface area contributed by atoms with Crippen molar-refractivity contribution in [1.82, 2.24) is 0 Å². The summed E-state index contributed by atoms with van der Waals surface area (Å²) in [5, 5.41) is 12.0. The SMILES string of the molecule is CN(CCO)c1ccc(NC(=O)CC2CCc3ccccc32)cc1. The maximum absolute atomic E-state index is 12.3. The summed E-state index contributed by atoms with van der Waals surface area (Å²) in [6, 6.07) is 16.1. The molecule has 1 unspecified atom stereocenters. The Morgan fingerprint density at radius 1 is 1.21 bits per heavy atom. The number of hydrogen-bond donors (Lipinski definition) is 2. The Labute approximate surface area is 143 Å². The van der Waals surface area contributed by atoms with Crippen LogP contribution in [0.25, 0.3) is 0 Å². The summed E-state index contributed by atoms with van der Waals surface area (Å²) in [5.74, 6) is 0.393. The Bertz CT molecular complexity index is 697. The fraction of sp³-hybridized carbons (Fsp3) is 0.350. The van der Waals surface area contributed by atoms with E-state index in [0.29, 0.717) is 18.9 Å². The summed E-state index contributed by atoms with van der Waals surface area (Å²) < 4.78 is 0. The zero-order chi connectivity index (χ0) is 16.9. The molecule has 1 amide bonds. The topological polar surface area (TPSA) is 52.6 Å². The maximum atomic E-state index is 12.3. The lowest BCUT2D eigenvalue weighted by Gasteiger charge is -2.18. The van der Waals surface area contributed by atoms with Crippen LogP contribution >= 0.6 is 0 Å². The van der Waals surface area contributed by atoms with Gasteiger partial charge < -0.3 is 15.3 Å². The van der Waals surface area contributed by atoms with Crippen LogP contribution in [-0.2, 0) is 11.2 Å². The maximum Gasteiger partial charge on any atom is 0.224 e. The van der Waals surface area contributed by atoms with E-state index in [1.807, 2.05) is 36.2 Å². The van der Waals surface area contributed by atoms with Crippen molar-refractivity contribution >= 4 is 17.3 Å². The number of carbonyl (C=O) groups excluding carboxylic acids is 1. The highest BCUT2D eigenvalue weighted by Gasteiger charge is 2.24. The molecule has 4 heteroatoms. The lowest BCUT2D eigenvalue weighted by Crippen LogP contribution is -2.21. The molecule has 1 aliphatic carbocycles. The van der Waals surface area contributed by atoms with Gasteiger partial charge in [0.1, 0.15) is 0 Å². The average molecular weight is 324 g/mol. The summed E-state index contributed by atoms with van der Waals surface area (Å²) in [6.07, 6.45) is 2.65. The van der Waals surface area contributed by atoms with Gasteiger partial charge in [-0.15, -0.1) is 0 Å². The van der Waals surface area contributed by atoms with E-state index in [-0.39, 0.29) is 12.5 Å². The van der Waals surface area contributed by atoms with Crippen molar-refractivity contribution < 1.29 is 9.90 Å². The number of rotatable bonds is 6. The Hall–Kier alpha value is -2.33. The van der Waals surface area contributed by atoms with E-state index in [1.165, 1.54) is 11.1 Å². The molecule has 0 bridgehead atoms. The molecule has 2 aromatic carbocycles. The molecule has 3 rings (SSSR count). The number of nitrogens with zero attached hydrogens (tertiary/aromatic N) is 1. The monoisotopic (exact) mass is 324 g/mol. The third-order valence-corrected chi connectivity index (χ3v) is 4.72.